The number of aliphatic hydroxyl groups is 1. The molecule has 3 heterocycles. The molecule has 0 spiro atoms. The van der Waals surface area contributed by atoms with Crippen LogP contribution >= 0.6 is 0 Å². The lowest BCUT2D eigenvalue weighted by atomic mass is 9.91. The second-order valence-corrected chi connectivity index (χ2v) is 5.52. The molecule has 3 N–H and O–H groups in total. The first-order chi connectivity index (χ1) is 11.7. The number of halogens is 3. The third-order valence-corrected chi connectivity index (χ3v) is 3.88. The van der Waals surface area contributed by atoms with Crippen LogP contribution in [0.4, 0.5) is 19.0 Å². The van der Waals surface area contributed by atoms with Crippen LogP contribution in [0.2, 0.25) is 0 Å². The van der Waals surface area contributed by atoms with Crippen molar-refractivity contribution in [2.75, 3.05) is 5.73 Å². The van der Waals surface area contributed by atoms with Crippen LogP contribution in [0.15, 0.2) is 36.8 Å². The molecule has 3 aromatic rings. The fourth-order valence-corrected chi connectivity index (χ4v) is 2.74. The van der Waals surface area contributed by atoms with E-state index in [1.807, 2.05) is 0 Å². The summed E-state index contributed by atoms with van der Waals surface area (Å²) >= 11 is 0. The number of aryl methyl sites for hydroxylation is 2. The standard InChI is InChI=1S/C15H15F3N6O/c1-9-11(12(19)24(22-9)10-5-3-4-6-20-10)14(25,15(16,17)18)13-21-7-8-23(13)2/h3-8,25H,19H2,1-2H3/t14-/m1/s1. The fourth-order valence-electron chi connectivity index (χ4n) is 2.74. The molecule has 0 aliphatic carbocycles. The monoisotopic (exact) mass is 352 g/mol. The summed E-state index contributed by atoms with van der Waals surface area (Å²) in [6.07, 6.45) is -1.13. The minimum Gasteiger partial charge on any atom is -0.383 e. The van der Waals surface area contributed by atoms with Crippen molar-refractivity contribution in [2.24, 2.45) is 7.05 Å². The lowest BCUT2D eigenvalue weighted by Gasteiger charge is -2.30. The molecule has 0 saturated heterocycles. The van der Waals surface area contributed by atoms with E-state index in [1.54, 1.807) is 18.2 Å². The van der Waals surface area contributed by atoms with Gasteiger partial charge in [0.2, 0.25) is 5.60 Å². The van der Waals surface area contributed by atoms with Crippen LogP contribution in [-0.2, 0) is 12.6 Å². The first-order valence-corrected chi connectivity index (χ1v) is 7.21. The second-order valence-electron chi connectivity index (χ2n) is 5.52. The summed E-state index contributed by atoms with van der Waals surface area (Å²) in [4.78, 5) is 7.71. The van der Waals surface area contributed by atoms with Crippen LogP contribution in [0.1, 0.15) is 17.1 Å². The van der Waals surface area contributed by atoms with E-state index >= 15 is 0 Å². The number of hydrogen-bond donors (Lipinski definition) is 2. The first kappa shape index (κ1) is 17.0. The summed E-state index contributed by atoms with van der Waals surface area (Å²) in [5, 5.41) is 14.8. The van der Waals surface area contributed by atoms with E-state index in [2.05, 4.69) is 15.1 Å². The third kappa shape index (κ3) is 2.45. The van der Waals surface area contributed by atoms with Gasteiger partial charge in [0.1, 0.15) is 5.82 Å². The molecule has 0 fully saturated rings. The highest BCUT2D eigenvalue weighted by atomic mass is 19.4. The van der Waals surface area contributed by atoms with Gasteiger partial charge in [-0.05, 0) is 19.1 Å². The van der Waals surface area contributed by atoms with Gasteiger partial charge < -0.3 is 15.4 Å². The molecule has 0 aliphatic rings. The quantitative estimate of drug-likeness (QED) is 0.748. The number of imidazole rings is 1. The van der Waals surface area contributed by atoms with Gasteiger partial charge >= 0.3 is 6.18 Å². The summed E-state index contributed by atoms with van der Waals surface area (Å²) < 4.78 is 43.8. The predicted octanol–water partition coefficient (Wildman–Crippen LogP) is 1.69. The molecule has 25 heavy (non-hydrogen) atoms. The molecule has 0 unspecified atom stereocenters. The zero-order valence-corrected chi connectivity index (χ0v) is 13.4. The molecule has 3 aromatic heterocycles. The largest absolute Gasteiger partial charge is 0.429 e. The van der Waals surface area contributed by atoms with Crippen molar-refractivity contribution in [1.29, 1.82) is 0 Å². The summed E-state index contributed by atoms with van der Waals surface area (Å²) in [6.45, 7) is 1.34. The smallest absolute Gasteiger partial charge is 0.383 e. The summed E-state index contributed by atoms with van der Waals surface area (Å²) in [5.41, 5.74) is 1.88. The minimum atomic E-state index is -5.07. The molecule has 0 saturated carbocycles. The van der Waals surface area contributed by atoms with Gasteiger partial charge in [0.25, 0.3) is 0 Å². The Balaban J connectivity index is 2.30. The Bertz CT molecular complexity index is 902. The highest BCUT2D eigenvalue weighted by Crippen LogP contribution is 2.46. The molecule has 0 aliphatic heterocycles. The second kappa shape index (κ2) is 5.59. The van der Waals surface area contributed by atoms with E-state index in [0.717, 1.165) is 9.25 Å². The first-order valence-electron chi connectivity index (χ1n) is 7.21. The molecular formula is C15H15F3N6O. The topological polar surface area (TPSA) is 94.8 Å². The van der Waals surface area contributed by atoms with Gasteiger partial charge in [0.05, 0.1) is 11.3 Å². The lowest BCUT2D eigenvalue weighted by Crippen LogP contribution is -2.46. The van der Waals surface area contributed by atoms with Gasteiger partial charge in [-0.25, -0.2) is 9.97 Å². The SMILES string of the molecule is Cc1nn(-c2ccccn2)c(N)c1[C@@](O)(c1nccn1C)C(F)(F)F. The number of pyridine rings is 1. The minimum absolute atomic E-state index is 0.0778. The van der Waals surface area contributed by atoms with Gasteiger partial charge in [0.15, 0.2) is 11.6 Å². The molecule has 0 bridgehead atoms. The third-order valence-electron chi connectivity index (χ3n) is 3.88. The lowest BCUT2D eigenvalue weighted by molar-refractivity contribution is -0.251. The highest BCUT2D eigenvalue weighted by Gasteiger charge is 2.61. The van der Waals surface area contributed by atoms with Crippen LogP contribution in [-0.4, -0.2) is 35.6 Å². The normalized spacial score (nSPS) is 14.5. The van der Waals surface area contributed by atoms with Gasteiger partial charge in [-0.15, -0.1) is 0 Å². The summed E-state index contributed by atoms with van der Waals surface area (Å²) in [7, 11) is 1.35. The molecule has 0 amide bonds. The molecule has 3 rings (SSSR count). The van der Waals surface area contributed by atoms with Crippen molar-refractivity contribution in [2.45, 2.75) is 18.7 Å². The molecule has 132 valence electrons. The maximum atomic E-state index is 13.9. The van der Waals surface area contributed by atoms with E-state index in [1.165, 1.54) is 32.6 Å². The van der Waals surface area contributed by atoms with Crippen molar-refractivity contribution in [3.63, 3.8) is 0 Å². The van der Waals surface area contributed by atoms with Crippen LogP contribution in [0.3, 0.4) is 0 Å². The predicted molar refractivity (Wildman–Crippen MR) is 82.8 cm³/mol. The molecule has 0 radical (unpaired) electrons. The fraction of sp³-hybridized carbons (Fsp3) is 0.267. The van der Waals surface area contributed by atoms with E-state index in [9.17, 15) is 18.3 Å². The Kier molecular flexibility index (Phi) is 3.79. The highest BCUT2D eigenvalue weighted by molar-refractivity contribution is 5.54. The number of nitrogen functional groups attached to an aromatic ring is 1. The number of rotatable bonds is 3. The molecule has 10 heteroatoms. The van der Waals surface area contributed by atoms with Crippen LogP contribution < -0.4 is 5.73 Å². The van der Waals surface area contributed by atoms with Crippen molar-refractivity contribution in [3.05, 3.63) is 53.9 Å². The molecular weight excluding hydrogens is 337 g/mol. The maximum Gasteiger partial charge on any atom is 0.429 e. The van der Waals surface area contributed by atoms with E-state index in [4.69, 9.17) is 5.73 Å². The Hall–Kier alpha value is -2.88. The van der Waals surface area contributed by atoms with E-state index < -0.39 is 23.2 Å². The van der Waals surface area contributed by atoms with E-state index in [0.29, 0.717) is 0 Å². The van der Waals surface area contributed by atoms with Crippen molar-refractivity contribution >= 4 is 5.82 Å². The van der Waals surface area contributed by atoms with Crippen molar-refractivity contribution in [3.8, 4) is 5.82 Å². The summed E-state index contributed by atoms with van der Waals surface area (Å²) in [5.74, 6) is -0.729. The Labute approximate surface area is 140 Å². The van der Waals surface area contributed by atoms with E-state index in [-0.39, 0.29) is 17.3 Å². The van der Waals surface area contributed by atoms with Gasteiger partial charge in [-0.2, -0.15) is 23.0 Å². The average molecular weight is 352 g/mol. The molecule has 7 nitrogen and oxygen atoms in total. The van der Waals surface area contributed by atoms with Gasteiger partial charge in [0, 0.05) is 25.6 Å². The number of hydrogen-bond acceptors (Lipinski definition) is 5. The zero-order chi connectivity index (χ0) is 18.4. The summed E-state index contributed by atoms with van der Waals surface area (Å²) in [6, 6.07) is 4.84. The maximum absolute atomic E-state index is 13.9. The Morgan fingerprint density at radius 3 is 2.40 bits per heavy atom. The van der Waals surface area contributed by atoms with Crippen LogP contribution in [0, 0.1) is 6.92 Å². The van der Waals surface area contributed by atoms with Crippen LogP contribution in [0.5, 0.6) is 0 Å². The molecule has 0 aromatic carbocycles. The number of anilines is 1. The Morgan fingerprint density at radius 1 is 1.16 bits per heavy atom. The Morgan fingerprint density at radius 2 is 1.88 bits per heavy atom. The number of alkyl halides is 3. The number of nitrogens with zero attached hydrogens (tertiary/aromatic N) is 5. The molecule has 1 atom stereocenters. The zero-order valence-electron chi connectivity index (χ0n) is 13.4. The van der Waals surface area contributed by atoms with Crippen LogP contribution in [0.25, 0.3) is 5.82 Å². The van der Waals surface area contributed by atoms with Crippen molar-refractivity contribution in [1.82, 2.24) is 24.3 Å². The number of nitrogens with two attached hydrogens (primary N) is 1. The van der Waals surface area contributed by atoms with Crippen molar-refractivity contribution < 1.29 is 18.3 Å². The average Bonchev–Trinajstić information content (AvgIpc) is 3.10. The van der Waals surface area contributed by atoms with Gasteiger partial charge in [-0.3, -0.25) is 0 Å². The van der Waals surface area contributed by atoms with Gasteiger partial charge in [-0.1, -0.05) is 6.07 Å². The number of aromatic nitrogens is 5.